The average Bonchev–Trinajstić information content (AvgIpc) is 2.18. The number of benzene rings is 1. The van der Waals surface area contributed by atoms with Crippen LogP contribution in [-0.4, -0.2) is 12.6 Å². The van der Waals surface area contributed by atoms with Crippen molar-refractivity contribution >= 4 is 5.69 Å². The van der Waals surface area contributed by atoms with Gasteiger partial charge in [0.15, 0.2) is 0 Å². The van der Waals surface area contributed by atoms with Crippen LogP contribution < -0.4 is 11.1 Å². The summed E-state index contributed by atoms with van der Waals surface area (Å²) < 4.78 is 0. The van der Waals surface area contributed by atoms with Crippen molar-refractivity contribution in [3.05, 3.63) is 29.8 Å². The van der Waals surface area contributed by atoms with Crippen molar-refractivity contribution in [2.75, 3.05) is 11.9 Å². The van der Waals surface area contributed by atoms with Gasteiger partial charge in [0.25, 0.3) is 0 Å². The van der Waals surface area contributed by atoms with E-state index in [1.54, 1.807) is 0 Å². The van der Waals surface area contributed by atoms with E-state index in [0.717, 1.165) is 5.69 Å². The van der Waals surface area contributed by atoms with Crippen LogP contribution in [0.2, 0.25) is 0 Å². The van der Waals surface area contributed by atoms with Crippen LogP contribution in [0.15, 0.2) is 24.3 Å². The predicted molar refractivity (Wildman–Crippen MR) is 62.7 cm³/mol. The third-order valence-corrected chi connectivity index (χ3v) is 2.34. The first-order chi connectivity index (χ1) is 6.63. The fraction of sp³-hybridized carbons (Fsp3) is 0.500. The van der Waals surface area contributed by atoms with E-state index in [9.17, 15) is 0 Å². The summed E-state index contributed by atoms with van der Waals surface area (Å²) in [6.45, 7) is 7.14. The van der Waals surface area contributed by atoms with Crippen LogP contribution in [0.3, 0.4) is 0 Å². The van der Waals surface area contributed by atoms with E-state index in [4.69, 9.17) is 5.73 Å². The second-order valence-corrected chi connectivity index (χ2v) is 4.06. The van der Waals surface area contributed by atoms with Crippen LogP contribution in [0.5, 0.6) is 0 Å². The third kappa shape index (κ3) is 3.04. The topological polar surface area (TPSA) is 38.0 Å². The molecule has 2 heteroatoms. The molecule has 0 amide bonds. The van der Waals surface area contributed by atoms with Crippen LogP contribution in [-0.2, 0) is 0 Å². The lowest BCUT2D eigenvalue weighted by molar-refractivity contribution is 0.803. The van der Waals surface area contributed by atoms with Gasteiger partial charge in [-0.2, -0.15) is 0 Å². The zero-order valence-corrected chi connectivity index (χ0v) is 9.25. The van der Waals surface area contributed by atoms with Crippen molar-refractivity contribution in [3.8, 4) is 0 Å². The Morgan fingerprint density at radius 1 is 1.14 bits per heavy atom. The second-order valence-electron chi connectivity index (χ2n) is 4.06. The Bertz CT molecular complexity index is 264. The molecule has 1 aromatic rings. The van der Waals surface area contributed by atoms with Gasteiger partial charge in [-0.1, -0.05) is 26.0 Å². The Balaban J connectivity index is 2.64. The second kappa shape index (κ2) is 5.01. The van der Waals surface area contributed by atoms with Gasteiger partial charge in [-0.15, -0.1) is 0 Å². The van der Waals surface area contributed by atoms with Crippen molar-refractivity contribution in [3.63, 3.8) is 0 Å². The molecule has 0 spiro atoms. The first kappa shape index (κ1) is 11.1. The molecule has 1 aromatic carbocycles. The lowest BCUT2D eigenvalue weighted by Gasteiger charge is -2.13. The lowest BCUT2D eigenvalue weighted by Crippen LogP contribution is -2.25. The van der Waals surface area contributed by atoms with Crippen LogP contribution in [0.25, 0.3) is 0 Å². The highest BCUT2D eigenvalue weighted by atomic mass is 14.9. The van der Waals surface area contributed by atoms with Gasteiger partial charge >= 0.3 is 0 Å². The minimum atomic E-state index is 0.333. The summed E-state index contributed by atoms with van der Waals surface area (Å²) in [4.78, 5) is 0. The molecule has 0 aliphatic rings. The zero-order chi connectivity index (χ0) is 10.6. The number of nitrogens with two attached hydrogens (primary N) is 1. The van der Waals surface area contributed by atoms with Crippen LogP contribution in [0, 0.1) is 0 Å². The van der Waals surface area contributed by atoms with Gasteiger partial charge in [-0.25, -0.2) is 0 Å². The highest BCUT2D eigenvalue weighted by Gasteiger charge is 2.00. The molecule has 78 valence electrons. The van der Waals surface area contributed by atoms with E-state index in [2.05, 4.69) is 50.4 Å². The van der Waals surface area contributed by atoms with Gasteiger partial charge in [0, 0.05) is 18.3 Å². The van der Waals surface area contributed by atoms with E-state index < -0.39 is 0 Å². The molecule has 1 atom stereocenters. The summed E-state index contributed by atoms with van der Waals surface area (Å²) >= 11 is 0. The van der Waals surface area contributed by atoms with Crippen molar-refractivity contribution in [2.24, 2.45) is 5.73 Å². The quantitative estimate of drug-likeness (QED) is 0.769. The molecular formula is C12H20N2. The predicted octanol–water partition coefficient (Wildman–Crippen LogP) is 2.57. The minimum absolute atomic E-state index is 0.333. The van der Waals surface area contributed by atoms with Gasteiger partial charge in [-0.05, 0) is 30.5 Å². The van der Waals surface area contributed by atoms with Crippen molar-refractivity contribution in [1.82, 2.24) is 0 Å². The molecule has 0 fully saturated rings. The number of nitrogens with one attached hydrogen (secondary N) is 1. The number of anilines is 1. The van der Waals surface area contributed by atoms with E-state index in [0.29, 0.717) is 18.5 Å². The smallest absolute Gasteiger partial charge is 0.0355 e. The first-order valence-electron chi connectivity index (χ1n) is 5.20. The van der Waals surface area contributed by atoms with Crippen molar-refractivity contribution in [2.45, 2.75) is 32.7 Å². The third-order valence-electron chi connectivity index (χ3n) is 2.34. The largest absolute Gasteiger partial charge is 0.381 e. The summed E-state index contributed by atoms with van der Waals surface area (Å²) in [7, 11) is 0. The number of hydrogen-bond donors (Lipinski definition) is 2. The molecule has 0 aliphatic heterocycles. The number of hydrogen-bond acceptors (Lipinski definition) is 2. The van der Waals surface area contributed by atoms with E-state index >= 15 is 0 Å². The van der Waals surface area contributed by atoms with Crippen LogP contribution in [0.1, 0.15) is 32.3 Å². The lowest BCUT2D eigenvalue weighted by atomic mass is 10.0. The molecule has 14 heavy (non-hydrogen) atoms. The Morgan fingerprint density at radius 3 is 2.14 bits per heavy atom. The van der Waals surface area contributed by atoms with E-state index in [1.165, 1.54) is 5.56 Å². The first-order valence-corrected chi connectivity index (χ1v) is 5.20. The van der Waals surface area contributed by atoms with E-state index in [-0.39, 0.29) is 0 Å². The summed E-state index contributed by atoms with van der Waals surface area (Å²) in [5, 5.41) is 3.33. The maximum atomic E-state index is 5.54. The molecule has 1 unspecified atom stereocenters. The molecule has 0 saturated heterocycles. The number of rotatable bonds is 4. The normalized spacial score (nSPS) is 12.9. The molecule has 0 bridgehead atoms. The van der Waals surface area contributed by atoms with Crippen molar-refractivity contribution in [1.29, 1.82) is 0 Å². The summed E-state index contributed by atoms with van der Waals surface area (Å²) in [6.07, 6.45) is 0. The van der Waals surface area contributed by atoms with Gasteiger partial charge in [0.05, 0.1) is 0 Å². The molecule has 0 heterocycles. The monoisotopic (exact) mass is 192 g/mol. The average molecular weight is 192 g/mol. The molecule has 0 saturated carbocycles. The highest BCUT2D eigenvalue weighted by Crippen LogP contribution is 2.17. The molecule has 0 radical (unpaired) electrons. The highest BCUT2D eigenvalue weighted by molar-refractivity contribution is 5.45. The molecule has 0 aliphatic carbocycles. The Morgan fingerprint density at radius 2 is 1.71 bits per heavy atom. The molecule has 1 rings (SSSR count). The van der Waals surface area contributed by atoms with Gasteiger partial charge < -0.3 is 11.1 Å². The maximum Gasteiger partial charge on any atom is 0.0355 e. The van der Waals surface area contributed by atoms with Crippen LogP contribution in [0.4, 0.5) is 5.69 Å². The van der Waals surface area contributed by atoms with E-state index in [1.807, 2.05) is 0 Å². The molecule has 2 nitrogen and oxygen atoms in total. The fourth-order valence-electron chi connectivity index (χ4n) is 1.31. The Kier molecular flexibility index (Phi) is 3.96. The zero-order valence-electron chi connectivity index (χ0n) is 9.25. The summed E-state index contributed by atoms with van der Waals surface area (Å²) in [5.74, 6) is 0.594. The minimum Gasteiger partial charge on any atom is -0.381 e. The Labute approximate surface area is 86.5 Å². The maximum absolute atomic E-state index is 5.54. The van der Waals surface area contributed by atoms with Crippen LogP contribution >= 0.6 is 0 Å². The van der Waals surface area contributed by atoms with Gasteiger partial charge in [0.1, 0.15) is 0 Å². The Hall–Kier alpha value is -1.02. The molecule has 0 aromatic heterocycles. The fourth-order valence-corrected chi connectivity index (χ4v) is 1.31. The SMILES string of the molecule is CC(CN)Nc1ccc(C(C)C)cc1. The summed E-state index contributed by atoms with van der Waals surface area (Å²) in [6, 6.07) is 8.88. The molecule has 3 N–H and O–H groups in total. The van der Waals surface area contributed by atoms with Gasteiger partial charge in [0.2, 0.25) is 0 Å². The molecular weight excluding hydrogens is 172 g/mol. The summed E-state index contributed by atoms with van der Waals surface area (Å²) in [5.41, 5.74) is 8.05. The van der Waals surface area contributed by atoms with Gasteiger partial charge in [-0.3, -0.25) is 0 Å². The standard InChI is InChI=1S/C12H20N2/c1-9(2)11-4-6-12(7-5-11)14-10(3)8-13/h4-7,9-10,14H,8,13H2,1-3H3. The van der Waals surface area contributed by atoms with Crippen molar-refractivity contribution < 1.29 is 0 Å².